The van der Waals surface area contributed by atoms with Crippen LogP contribution in [0.3, 0.4) is 0 Å². The summed E-state index contributed by atoms with van der Waals surface area (Å²) in [4.78, 5) is 24.5. The van der Waals surface area contributed by atoms with E-state index in [0.29, 0.717) is 12.8 Å². The van der Waals surface area contributed by atoms with Gasteiger partial charge in [0.2, 0.25) is 0 Å². The highest BCUT2D eigenvalue weighted by molar-refractivity contribution is 5.70. The Morgan fingerprint density at radius 2 is 0.588 bits per heavy atom. The summed E-state index contributed by atoms with van der Waals surface area (Å²) in [5.41, 5.74) is 0. The number of rotatable bonds is 50. The summed E-state index contributed by atoms with van der Waals surface area (Å²) in [5.74, 6) is -0.610. The zero-order chi connectivity index (χ0) is 49.2. The molecule has 0 bridgehead atoms. The van der Waals surface area contributed by atoms with Gasteiger partial charge in [0, 0.05) is 12.8 Å². The minimum Gasteiger partial charge on any atom is -0.462 e. The van der Waals surface area contributed by atoms with Gasteiger partial charge in [0.1, 0.15) is 6.61 Å². The van der Waals surface area contributed by atoms with Crippen LogP contribution in [-0.4, -0.2) is 36.4 Å². The first-order chi connectivity index (χ1) is 33.6. The number of allylic oxidation sites excluding steroid dienone is 20. The molecule has 1 unspecified atom stereocenters. The Labute approximate surface area is 420 Å². The predicted molar refractivity (Wildman–Crippen MR) is 297 cm³/mol. The fourth-order valence-corrected chi connectivity index (χ4v) is 7.61. The Morgan fingerprint density at radius 3 is 0.882 bits per heavy atom. The van der Waals surface area contributed by atoms with E-state index in [2.05, 4.69) is 135 Å². The van der Waals surface area contributed by atoms with Crippen molar-refractivity contribution in [1.29, 1.82) is 0 Å². The van der Waals surface area contributed by atoms with E-state index >= 15 is 0 Å². The molecule has 0 rings (SSSR count). The number of carbonyl (C=O) groups excluding carboxylic acids is 2. The lowest BCUT2D eigenvalue weighted by atomic mass is 10.0. The lowest BCUT2D eigenvalue weighted by Gasteiger charge is -2.15. The molecule has 0 spiro atoms. The largest absolute Gasteiger partial charge is 0.462 e. The van der Waals surface area contributed by atoms with Crippen LogP contribution in [0.2, 0.25) is 0 Å². The third-order valence-electron chi connectivity index (χ3n) is 11.8. The van der Waals surface area contributed by atoms with E-state index < -0.39 is 6.10 Å². The molecule has 0 aliphatic heterocycles. The molecule has 0 saturated heterocycles. The van der Waals surface area contributed by atoms with Crippen molar-refractivity contribution in [2.24, 2.45) is 0 Å². The van der Waals surface area contributed by atoms with Crippen molar-refractivity contribution in [1.82, 2.24) is 0 Å². The van der Waals surface area contributed by atoms with Gasteiger partial charge in [-0.3, -0.25) is 9.59 Å². The van der Waals surface area contributed by atoms with Crippen LogP contribution < -0.4 is 0 Å². The first-order valence-corrected chi connectivity index (χ1v) is 28.1. The van der Waals surface area contributed by atoms with E-state index in [1.807, 2.05) is 0 Å². The van der Waals surface area contributed by atoms with Crippen LogP contribution in [0, 0.1) is 0 Å². The maximum atomic E-state index is 12.3. The molecule has 0 amide bonds. The highest BCUT2D eigenvalue weighted by Gasteiger charge is 2.16. The van der Waals surface area contributed by atoms with Crippen molar-refractivity contribution in [2.45, 2.75) is 251 Å². The first kappa shape index (κ1) is 64.3. The van der Waals surface area contributed by atoms with Crippen LogP contribution in [0.4, 0.5) is 0 Å². The van der Waals surface area contributed by atoms with Crippen LogP contribution >= 0.6 is 0 Å². The van der Waals surface area contributed by atoms with Crippen LogP contribution in [-0.2, 0) is 19.1 Å². The Morgan fingerprint density at radius 1 is 0.338 bits per heavy atom. The molecular weight excluding hydrogens is 837 g/mol. The predicted octanol–water partition coefficient (Wildman–Crippen LogP) is 19.1. The molecule has 386 valence electrons. The van der Waals surface area contributed by atoms with Gasteiger partial charge in [-0.25, -0.2) is 0 Å². The van der Waals surface area contributed by atoms with Crippen molar-refractivity contribution in [3.05, 3.63) is 122 Å². The lowest BCUT2D eigenvalue weighted by Crippen LogP contribution is -2.28. The van der Waals surface area contributed by atoms with Gasteiger partial charge >= 0.3 is 11.9 Å². The lowest BCUT2D eigenvalue weighted by molar-refractivity contribution is -0.161. The second kappa shape index (κ2) is 57.6. The zero-order valence-corrected chi connectivity index (χ0v) is 44.1. The van der Waals surface area contributed by atoms with Gasteiger partial charge in [0.05, 0.1) is 6.61 Å². The Bertz CT molecular complexity index is 1390. The summed E-state index contributed by atoms with van der Waals surface area (Å²) in [7, 11) is 0. The van der Waals surface area contributed by atoms with Gasteiger partial charge in [0.25, 0.3) is 0 Å². The van der Waals surface area contributed by atoms with Crippen molar-refractivity contribution in [3.63, 3.8) is 0 Å². The maximum absolute atomic E-state index is 12.3. The van der Waals surface area contributed by atoms with E-state index in [-0.39, 0.29) is 25.2 Å². The fourth-order valence-electron chi connectivity index (χ4n) is 7.61. The quantitative estimate of drug-likeness (QED) is 0.0374. The highest BCUT2D eigenvalue weighted by atomic mass is 16.6. The van der Waals surface area contributed by atoms with Gasteiger partial charge < -0.3 is 14.6 Å². The van der Waals surface area contributed by atoms with Crippen LogP contribution in [0.15, 0.2) is 122 Å². The van der Waals surface area contributed by atoms with Crippen LogP contribution in [0.5, 0.6) is 0 Å². The summed E-state index contributed by atoms with van der Waals surface area (Å²) >= 11 is 0. The van der Waals surface area contributed by atoms with Crippen LogP contribution in [0.25, 0.3) is 0 Å². The second-order valence-electron chi connectivity index (χ2n) is 18.2. The van der Waals surface area contributed by atoms with E-state index in [4.69, 9.17) is 9.47 Å². The molecule has 1 N–H and O–H groups in total. The number of aliphatic hydroxyl groups is 1. The molecule has 5 nitrogen and oxygen atoms in total. The Hall–Kier alpha value is -3.70. The Balaban J connectivity index is 3.54. The minimum atomic E-state index is -0.789. The molecule has 1 atom stereocenters. The van der Waals surface area contributed by atoms with E-state index in [9.17, 15) is 14.7 Å². The molecule has 0 aromatic heterocycles. The number of hydrogen-bond donors (Lipinski definition) is 1. The van der Waals surface area contributed by atoms with Gasteiger partial charge in [-0.2, -0.15) is 0 Å². The zero-order valence-electron chi connectivity index (χ0n) is 44.1. The smallest absolute Gasteiger partial charge is 0.306 e. The molecule has 0 aromatic rings. The molecule has 0 radical (unpaired) electrons. The standard InChI is InChI=1S/C63H104O5/c1-3-5-7-9-11-13-15-17-19-21-23-25-27-29-30-31-32-34-35-37-39-41-43-45-47-49-51-53-55-57-62(65)67-60-61(59-64)68-63(66)58-56-54-52-50-48-46-44-42-40-38-36-33-28-26-24-22-20-18-16-14-12-10-8-6-4-2/h5-8,11-14,17-20,23-26,33,36,40,42,61,64H,3-4,9-10,15-16,21-22,27-32,34-35,37-39,41,43-60H2,1-2H3/b7-5-,8-6-,13-11-,14-12-,19-17-,20-18-,25-23-,26-24-,36-33-,42-40-. The molecule has 0 saturated carbocycles. The number of aliphatic hydroxyl groups excluding tert-OH is 1. The van der Waals surface area contributed by atoms with E-state index in [1.54, 1.807) is 0 Å². The molecule has 5 heteroatoms. The van der Waals surface area contributed by atoms with Crippen molar-refractivity contribution < 1.29 is 24.2 Å². The van der Waals surface area contributed by atoms with Crippen molar-refractivity contribution in [2.75, 3.05) is 13.2 Å². The third kappa shape index (κ3) is 54.9. The van der Waals surface area contributed by atoms with Crippen LogP contribution in [0.1, 0.15) is 245 Å². The van der Waals surface area contributed by atoms with Gasteiger partial charge in [-0.1, -0.05) is 251 Å². The van der Waals surface area contributed by atoms with E-state index in [1.165, 1.54) is 109 Å². The molecule has 0 aliphatic carbocycles. The third-order valence-corrected chi connectivity index (χ3v) is 11.8. The minimum absolute atomic E-state index is 0.0778. The van der Waals surface area contributed by atoms with Gasteiger partial charge in [-0.05, 0) is 103 Å². The molecular formula is C63H104O5. The average Bonchev–Trinajstić information content (AvgIpc) is 3.34. The molecule has 68 heavy (non-hydrogen) atoms. The summed E-state index contributed by atoms with van der Waals surface area (Å²) in [6, 6.07) is 0. The summed E-state index contributed by atoms with van der Waals surface area (Å²) in [6.45, 7) is 3.91. The molecule has 0 fully saturated rings. The monoisotopic (exact) mass is 941 g/mol. The normalized spacial score (nSPS) is 13.2. The SMILES string of the molecule is CC/C=C\C/C=C\C/C=C\C/C=C\C/C=C\C/C=C\CCCCCCCCC(=O)OC(CO)COC(=O)CCCCCCCCCCCCCCCCCC/C=C\C/C=C\C/C=C\C/C=C\CC. The fraction of sp³-hybridized carbons (Fsp3) is 0.651. The molecule has 0 aromatic carbocycles. The Kier molecular flexibility index (Phi) is 54.5. The number of ether oxygens (including phenoxy) is 2. The average molecular weight is 942 g/mol. The van der Waals surface area contributed by atoms with Gasteiger partial charge in [-0.15, -0.1) is 0 Å². The summed E-state index contributed by atoms with van der Waals surface area (Å²) in [6.07, 6.45) is 84.5. The number of esters is 2. The van der Waals surface area contributed by atoms with E-state index in [0.717, 1.165) is 109 Å². The molecule has 0 heterocycles. The first-order valence-electron chi connectivity index (χ1n) is 28.1. The topological polar surface area (TPSA) is 72.8 Å². The van der Waals surface area contributed by atoms with Crippen molar-refractivity contribution >= 4 is 11.9 Å². The highest BCUT2D eigenvalue weighted by Crippen LogP contribution is 2.15. The number of carbonyl (C=O) groups is 2. The number of unbranched alkanes of at least 4 members (excludes halogenated alkanes) is 22. The molecule has 0 aliphatic rings. The summed E-state index contributed by atoms with van der Waals surface area (Å²) < 4.78 is 10.7. The summed E-state index contributed by atoms with van der Waals surface area (Å²) in [5, 5.41) is 9.65. The van der Waals surface area contributed by atoms with Gasteiger partial charge in [0.15, 0.2) is 6.10 Å². The second-order valence-corrected chi connectivity index (χ2v) is 18.2. The maximum Gasteiger partial charge on any atom is 0.306 e. The number of hydrogen-bond acceptors (Lipinski definition) is 5. The van der Waals surface area contributed by atoms with Crippen molar-refractivity contribution in [3.8, 4) is 0 Å².